The van der Waals surface area contributed by atoms with Gasteiger partial charge in [-0.15, -0.1) is 0 Å². The van der Waals surface area contributed by atoms with Gasteiger partial charge in [0.15, 0.2) is 0 Å². The quantitative estimate of drug-likeness (QED) is 0.776. The van der Waals surface area contributed by atoms with E-state index in [1.807, 2.05) is 25.4 Å². The van der Waals surface area contributed by atoms with Gasteiger partial charge in [-0.05, 0) is 65.8 Å². The van der Waals surface area contributed by atoms with Crippen molar-refractivity contribution in [3.05, 3.63) is 51.0 Å². The molecule has 2 nitrogen and oxygen atoms in total. The maximum Gasteiger partial charge on any atom is 0.101 e. The highest BCUT2D eigenvalue weighted by molar-refractivity contribution is 9.10. The monoisotopic (exact) mass is 400 g/mol. The topological polar surface area (TPSA) is 24.9 Å². The number of halogens is 2. The molecule has 0 spiro atoms. The van der Waals surface area contributed by atoms with Gasteiger partial charge in [0.2, 0.25) is 0 Å². The molecule has 0 saturated heterocycles. The van der Waals surface area contributed by atoms with Gasteiger partial charge in [0.1, 0.15) is 5.03 Å². The average molecular weight is 402 g/mol. The lowest BCUT2D eigenvalue weighted by molar-refractivity contribution is 0.641. The fourth-order valence-electron chi connectivity index (χ4n) is 1.64. The summed E-state index contributed by atoms with van der Waals surface area (Å²) < 4.78 is 2.09. The molecular formula is C14H14Br2N2S. The summed E-state index contributed by atoms with van der Waals surface area (Å²) in [6.07, 6.45) is 1.82. The Bertz CT molecular complexity index is 558. The van der Waals surface area contributed by atoms with Crippen LogP contribution in [0.5, 0.6) is 0 Å². The molecule has 100 valence electrons. The molecule has 0 fully saturated rings. The first-order valence-electron chi connectivity index (χ1n) is 5.86. The van der Waals surface area contributed by atoms with Crippen molar-refractivity contribution in [1.29, 1.82) is 0 Å². The molecule has 1 atom stereocenters. The maximum absolute atomic E-state index is 4.41. The van der Waals surface area contributed by atoms with Gasteiger partial charge in [0.25, 0.3) is 0 Å². The van der Waals surface area contributed by atoms with Gasteiger partial charge in [-0.3, -0.25) is 0 Å². The zero-order valence-corrected chi connectivity index (χ0v) is 14.6. The van der Waals surface area contributed by atoms with E-state index in [0.717, 1.165) is 14.0 Å². The molecule has 0 aliphatic rings. The van der Waals surface area contributed by atoms with Gasteiger partial charge < -0.3 is 5.32 Å². The van der Waals surface area contributed by atoms with Crippen LogP contribution in [0.1, 0.15) is 18.5 Å². The second-order valence-electron chi connectivity index (χ2n) is 4.11. The van der Waals surface area contributed by atoms with Crippen LogP contribution in [-0.2, 0) is 0 Å². The van der Waals surface area contributed by atoms with E-state index in [9.17, 15) is 0 Å². The Morgan fingerprint density at radius 2 is 1.89 bits per heavy atom. The van der Waals surface area contributed by atoms with E-state index >= 15 is 0 Å². The Hall–Kier alpha value is -0.360. The lowest BCUT2D eigenvalue weighted by Gasteiger charge is -2.15. The van der Waals surface area contributed by atoms with Crippen LogP contribution in [-0.4, -0.2) is 12.0 Å². The van der Waals surface area contributed by atoms with Crippen LogP contribution in [0.2, 0.25) is 0 Å². The largest absolute Gasteiger partial charge is 0.313 e. The predicted molar refractivity (Wildman–Crippen MR) is 87.7 cm³/mol. The summed E-state index contributed by atoms with van der Waals surface area (Å²) in [4.78, 5) is 5.63. The van der Waals surface area contributed by atoms with Crippen molar-refractivity contribution in [1.82, 2.24) is 10.3 Å². The smallest absolute Gasteiger partial charge is 0.101 e. The molecule has 1 aromatic heterocycles. The van der Waals surface area contributed by atoms with E-state index in [1.54, 1.807) is 11.8 Å². The fraction of sp³-hybridized carbons (Fsp3) is 0.214. The SMILES string of the molecule is CNC(C)c1cc(Br)ccc1Sc1ccc(Br)cn1. The van der Waals surface area contributed by atoms with Crippen molar-refractivity contribution in [2.24, 2.45) is 0 Å². The molecule has 2 aromatic rings. The van der Waals surface area contributed by atoms with E-state index < -0.39 is 0 Å². The third kappa shape index (κ3) is 4.05. The van der Waals surface area contributed by atoms with Crippen molar-refractivity contribution in [3.8, 4) is 0 Å². The van der Waals surface area contributed by atoms with Crippen LogP contribution >= 0.6 is 43.6 Å². The Kier molecular flexibility index (Phi) is 5.45. The zero-order valence-electron chi connectivity index (χ0n) is 10.7. The van der Waals surface area contributed by atoms with E-state index in [1.165, 1.54) is 10.5 Å². The summed E-state index contributed by atoms with van der Waals surface area (Å²) in [6, 6.07) is 10.7. The molecule has 1 unspecified atom stereocenters. The van der Waals surface area contributed by atoms with E-state index in [-0.39, 0.29) is 0 Å². The van der Waals surface area contributed by atoms with Crippen LogP contribution in [0.4, 0.5) is 0 Å². The number of hydrogen-bond acceptors (Lipinski definition) is 3. The summed E-state index contributed by atoms with van der Waals surface area (Å²) >= 11 is 8.61. The van der Waals surface area contributed by atoms with Crippen LogP contribution in [0.25, 0.3) is 0 Å². The maximum atomic E-state index is 4.41. The Morgan fingerprint density at radius 1 is 1.16 bits per heavy atom. The fourth-order valence-corrected chi connectivity index (χ4v) is 3.21. The summed E-state index contributed by atoms with van der Waals surface area (Å²) in [7, 11) is 1.97. The number of nitrogens with one attached hydrogen (secondary N) is 1. The minimum Gasteiger partial charge on any atom is -0.313 e. The zero-order chi connectivity index (χ0) is 13.8. The molecule has 0 aliphatic heterocycles. The van der Waals surface area contributed by atoms with Crippen molar-refractivity contribution in [2.75, 3.05) is 7.05 Å². The highest BCUT2D eigenvalue weighted by Crippen LogP contribution is 2.34. The van der Waals surface area contributed by atoms with Crippen LogP contribution < -0.4 is 5.32 Å². The minimum absolute atomic E-state index is 0.301. The average Bonchev–Trinajstić information content (AvgIpc) is 2.42. The second kappa shape index (κ2) is 6.88. The summed E-state index contributed by atoms with van der Waals surface area (Å²) in [5.74, 6) is 0. The molecule has 5 heteroatoms. The normalized spacial score (nSPS) is 12.4. The van der Waals surface area contributed by atoms with Gasteiger partial charge in [0.05, 0.1) is 0 Å². The Labute approximate surface area is 134 Å². The Morgan fingerprint density at radius 3 is 2.53 bits per heavy atom. The standard InChI is InChI=1S/C14H14Br2N2S/c1-9(17-2)12-7-10(15)3-5-13(12)19-14-6-4-11(16)8-18-14/h3-9,17H,1-2H3. The van der Waals surface area contributed by atoms with Crippen LogP contribution in [0.15, 0.2) is 55.4 Å². The van der Waals surface area contributed by atoms with Gasteiger partial charge in [0, 0.05) is 26.1 Å². The molecule has 0 amide bonds. The highest BCUT2D eigenvalue weighted by Gasteiger charge is 2.11. The lowest BCUT2D eigenvalue weighted by Crippen LogP contribution is -2.13. The third-order valence-electron chi connectivity index (χ3n) is 2.79. The third-order valence-corrected chi connectivity index (χ3v) is 4.79. The first-order valence-corrected chi connectivity index (χ1v) is 8.26. The lowest BCUT2D eigenvalue weighted by atomic mass is 10.1. The molecule has 1 N–H and O–H groups in total. The molecule has 19 heavy (non-hydrogen) atoms. The number of benzene rings is 1. The number of hydrogen-bond donors (Lipinski definition) is 1. The van der Waals surface area contributed by atoms with Crippen molar-refractivity contribution in [3.63, 3.8) is 0 Å². The van der Waals surface area contributed by atoms with Crippen LogP contribution in [0, 0.1) is 0 Å². The molecule has 1 aromatic carbocycles. The van der Waals surface area contributed by atoms with Crippen molar-refractivity contribution < 1.29 is 0 Å². The van der Waals surface area contributed by atoms with Crippen molar-refractivity contribution in [2.45, 2.75) is 22.9 Å². The number of aromatic nitrogens is 1. The first kappa shape index (κ1) is 15.0. The summed E-state index contributed by atoms with van der Waals surface area (Å²) in [5.41, 5.74) is 1.27. The Balaban J connectivity index is 2.31. The van der Waals surface area contributed by atoms with Gasteiger partial charge in [-0.1, -0.05) is 27.7 Å². The van der Waals surface area contributed by atoms with Gasteiger partial charge in [-0.2, -0.15) is 0 Å². The summed E-state index contributed by atoms with van der Waals surface area (Å²) in [5, 5.41) is 4.28. The second-order valence-corrected chi connectivity index (χ2v) is 7.00. The summed E-state index contributed by atoms with van der Waals surface area (Å²) in [6.45, 7) is 2.15. The van der Waals surface area contributed by atoms with Crippen molar-refractivity contribution >= 4 is 43.6 Å². The number of nitrogens with zero attached hydrogens (tertiary/aromatic N) is 1. The minimum atomic E-state index is 0.301. The first-order chi connectivity index (χ1) is 9.10. The van der Waals surface area contributed by atoms with Gasteiger partial charge in [-0.25, -0.2) is 4.98 Å². The van der Waals surface area contributed by atoms with Gasteiger partial charge >= 0.3 is 0 Å². The highest BCUT2D eigenvalue weighted by atomic mass is 79.9. The molecular weight excluding hydrogens is 388 g/mol. The molecule has 1 heterocycles. The molecule has 0 bridgehead atoms. The molecule has 2 rings (SSSR count). The van der Waals surface area contributed by atoms with E-state index in [4.69, 9.17) is 0 Å². The number of pyridine rings is 1. The number of rotatable bonds is 4. The predicted octanol–water partition coefficient (Wildman–Crippen LogP) is 5.04. The van der Waals surface area contributed by atoms with E-state index in [2.05, 4.69) is 67.3 Å². The van der Waals surface area contributed by atoms with Crippen LogP contribution in [0.3, 0.4) is 0 Å². The molecule has 0 aliphatic carbocycles. The molecule has 0 radical (unpaired) electrons. The molecule has 0 saturated carbocycles. The van der Waals surface area contributed by atoms with E-state index in [0.29, 0.717) is 6.04 Å².